The maximum Gasteiger partial charge on any atom is 0.250 e. The van der Waals surface area contributed by atoms with E-state index in [0.29, 0.717) is 11.1 Å². The molecule has 0 spiro atoms. The van der Waals surface area contributed by atoms with E-state index in [-0.39, 0.29) is 11.8 Å². The van der Waals surface area contributed by atoms with Gasteiger partial charge in [0.2, 0.25) is 0 Å². The van der Waals surface area contributed by atoms with Gasteiger partial charge in [-0.25, -0.2) is 0 Å². The zero-order valence-electron chi connectivity index (χ0n) is 20.4. The number of carbonyl (C=O) groups excluding carboxylic acids is 2. The smallest absolute Gasteiger partial charge is 0.250 e. The van der Waals surface area contributed by atoms with Crippen molar-refractivity contribution < 1.29 is 9.59 Å². The van der Waals surface area contributed by atoms with Crippen LogP contribution in [0.15, 0.2) is 120 Å². The zero-order chi connectivity index (χ0) is 25.4. The van der Waals surface area contributed by atoms with Crippen molar-refractivity contribution in [2.45, 2.75) is 12.1 Å². The molecule has 2 heterocycles. The second-order valence-electron chi connectivity index (χ2n) is 10.1. The van der Waals surface area contributed by atoms with Crippen LogP contribution < -0.4 is 10.6 Å². The lowest BCUT2D eigenvalue weighted by Crippen LogP contribution is -2.33. The number of amides is 2. The van der Waals surface area contributed by atoms with Gasteiger partial charge in [0.05, 0.1) is 23.2 Å². The molecule has 0 radical (unpaired) electrons. The highest BCUT2D eigenvalue weighted by Crippen LogP contribution is 2.44. The van der Waals surface area contributed by atoms with E-state index < -0.39 is 12.1 Å². The Hall–Kier alpha value is -4.96. The van der Waals surface area contributed by atoms with E-state index in [9.17, 15) is 9.59 Å². The molecular weight excluding hydrogens is 468 g/mol. The molecule has 2 aliphatic heterocycles. The lowest BCUT2D eigenvalue weighted by atomic mass is 9.89. The molecule has 0 aliphatic carbocycles. The molecule has 2 atom stereocenters. The molecule has 2 amide bonds. The van der Waals surface area contributed by atoms with Crippen molar-refractivity contribution >= 4 is 54.9 Å². The van der Waals surface area contributed by atoms with Gasteiger partial charge in [-0.1, -0.05) is 109 Å². The van der Waals surface area contributed by atoms with Crippen LogP contribution in [0.3, 0.4) is 0 Å². The third kappa shape index (κ3) is 2.86. The van der Waals surface area contributed by atoms with Crippen LogP contribution in [0.4, 0.5) is 0 Å². The minimum absolute atomic E-state index is 0.191. The molecule has 2 N–H and O–H groups in total. The van der Waals surface area contributed by atoms with Crippen LogP contribution in [0.5, 0.6) is 0 Å². The highest BCUT2D eigenvalue weighted by atomic mass is 16.2. The third-order valence-electron chi connectivity index (χ3n) is 8.17. The van der Waals surface area contributed by atoms with E-state index in [4.69, 9.17) is 0 Å². The maximum atomic E-state index is 13.5. The summed E-state index contributed by atoms with van der Waals surface area (Å²) in [5.74, 6) is -0.382. The van der Waals surface area contributed by atoms with Crippen molar-refractivity contribution in [2.24, 2.45) is 0 Å². The Balaban J connectivity index is 1.31. The molecule has 38 heavy (non-hydrogen) atoms. The largest absolute Gasteiger partial charge is 0.341 e. The minimum Gasteiger partial charge on any atom is -0.341 e. The molecule has 4 heteroatoms. The van der Waals surface area contributed by atoms with E-state index in [2.05, 4.69) is 71.3 Å². The molecule has 6 aromatic rings. The third-order valence-corrected chi connectivity index (χ3v) is 8.17. The average Bonchev–Trinajstić information content (AvgIpc) is 3.49. The van der Waals surface area contributed by atoms with Gasteiger partial charge in [-0.05, 0) is 54.2 Å². The number of carbonyl (C=O) groups is 2. The molecule has 0 bridgehead atoms. The first-order valence-corrected chi connectivity index (χ1v) is 12.9. The van der Waals surface area contributed by atoms with Crippen LogP contribution in [0.25, 0.3) is 43.1 Å². The van der Waals surface area contributed by atoms with Gasteiger partial charge >= 0.3 is 0 Å². The van der Waals surface area contributed by atoms with Crippen molar-refractivity contribution in [3.8, 4) is 0 Å². The van der Waals surface area contributed by atoms with Gasteiger partial charge in [-0.2, -0.15) is 0 Å². The molecule has 4 nitrogen and oxygen atoms in total. The van der Waals surface area contributed by atoms with Gasteiger partial charge in [0.15, 0.2) is 0 Å². The first kappa shape index (κ1) is 21.2. The Morgan fingerprint density at radius 2 is 0.816 bits per heavy atom. The summed E-state index contributed by atoms with van der Waals surface area (Å²) in [6, 6.07) is 36.2. The Labute approximate surface area is 218 Å². The summed E-state index contributed by atoms with van der Waals surface area (Å²) in [4.78, 5) is 27.0. The molecule has 2 unspecified atom stereocenters. The van der Waals surface area contributed by atoms with E-state index in [1.807, 2.05) is 48.5 Å². The van der Waals surface area contributed by atoms with Crippen LogP contribution in [0.2, 0.25) is 0 Å². The Bertz CT molecular complexity index is 1890. The van der Waals surface area contributed by atoms with Gasteiger partial charge in [0, 0.05) is 0 Å². The monoisotopic (exact) mass is 490 g/mol. The van der Waals surface area contributed by atoms with Crippen molar-refractivity contribution in [1.29, 1.82) is 0 Å². The molecule has 0 aromatic heterocycles. The van der Waals surface area contributed by atoms with Gasteiger partial charge in [-0.15, -0.1) is 0 Å². The van der Waals surface area contributed by atoms with E-state index >= 15 is 0 Å². The van der Waals surface area contributed by atoms with Gasteiger partial charge in [0.1, 0.15) is 0 Å². The van der Waals surface area contributed by atoms with Gasteiger partial charge in [0.25, 0.3) is 11.8 Å². The summed E-state index contributed by atoms with van der Waals surface area (Å²) in [7, 11) is 0. The SMILES string of the molecule is O=C1NC(c2cccc3c2ccc2ccccc23)C2=C1C(c1cccc3c1ccc1ccccc13)NC2=O. The number of nitrogens with one attached hydrogen (secondary N) is 2. The summed E-state index contributed by atoms with van der Waals surface area (Å²) in [5.41, 5.74) is 2.93. The predicted molar refractivity (Wildman–Crippen MR) is 152 cm³/mol. The number of hydrogen-bond acceptors (Lipinski definition) is 2. The van der Waals surface area contributed by atoms with Crippen LogP contribution in [-0.4, -0.2) is 11.8 Å². The Morgan fingerprint density at radius 3 is 1.29 bits per heavy atom. The number of hydrogen-bond donors (Lipinski definition) is 2. The Morgan fingerprint density at radius 1 is 0.395 bits per heavy atom. The van der Waals surface area contributed by atoms with Crippen LogP contribution in [-0.2, 0) is 9.59 Å². The fourth-order valence-corrected chi connectivity index (χ4v) is 6.48. The summed E-state index contributed by atoms with van der Waals surface area (Å²) >= 11 is 0. The minimum atomic E-state index is -0.497. The van der Waals surface area contributed by atoms with E-state index in [1.54, 1.807) is 0 Å². The van der Waals surface area contributed by atoms with Crippen molar-refractivity contribution in [3.63, 3.8) is 0 Å². The van der Waals surface area contributed by atoms with Gasteiger partial charge < -0.3 is 10.6 Å². The van der Waals surface area contributed by atoms with E-state index in [1.165, 1.54) is 0 Å². The van der Waals surface area contributed by atoms with Gasteiger partial charge in [-0.3, -0.25) is 9.59 Å². The van der Waals surface area contributed by atoms with Crippen molar-refractivity contribution in [1.82, 2.24) is 10.6 Å². The lowest BCUT2D eigenvalue weighted by Gasteiger charge is -2.20. The molecule has 0 saturated carbocycles. The standard InChI is InChI=1S/C34H22N2O2/c37-33-29-30(32(36-33)28-14-6-12-24-22-10-4-2-8-20(22)16-18-26(24)28)34(38)35-31(29)27-13-5-11-23-21-9-3-1-7-19(21)15-17-25(23)27/h1-18,31-32H,(H,35,38)(H,36,37). The topological polar surface area (TPSA) is 58.2 Å². The quantitative estimate of drug-likeness (QED) is 0.267. The fraction of sp³-hybridized carbons (Fsp3) is 0.0588. The lowest BCUT2D eigenvalue weighted by molar-refractivity contribution is -0.118. The van der Waals surface area contributed by atoms with Crippen molar-refractivity contribution in [2.75, 3.05) is 0 Å². The predicted octanol–water partition coefficient (Wildman–Crippen LogP) is 6.64. The molecule has 2 aliphatic rings. The molecule has 6 aromatic carbocycles. The average molecular weight is 491 g/mol. The fourth-order valence-electron chi connectivity index (χ4n) is 6.48. The highest BCUT2D eigenvalue weighted by molar-refractivity contribution is 6.16. The second-order valence-corrected chi connectivity index (χ2v) is 10.1. The summed E-state index contributed by atoms with van der Waals surface area (Å²) in [5, 5.41) is 15.2. The second kappa shape index (κ2) is 7.77. The maximum absolute atomic E-state index is 13.5. The first-order chi connectivity index (χ1) is 18.7. The normalized spacial score (nSPS) is 18.9. The van der Waals surface area contributed by atoms with Crippen molar-refractivity contribution in [3.05, 3.63) is 131 Å². The summed E-state index contributed by atoms with van der Waals surface area (Å²) in [6.45, 7) is 0. The summed E-state index contributed by atoms with van der Waals surface area (Å²) in [6.07, 6.45) is 0. The summed E-state index contributed by atoms with van der Waals surface area (Å²) < 4.78 is 0. The molecule has 0 saturated heterocycles. The van der Waals surface area contributed by atoms with E-state index in [0.717, 1.165) is 54.2 Å². The molecule has 8 rings (SSSR count). The van der Waals surface area contributed by atoms with Crippen LogP contribution in [0, 0.1) is 0 Å². The zero-order valence-corrected chi connectivity index (χ0v) is 20.4. The molecule has 180 valence electrons. The highest BCUT2D eigenvalue weighted by Gasteiger charge is 2.46. The molecule has 0 fully saturated rings. The number of fused-ring (bicyclic) bond motifs is 6. The first-order valence-electron chi connectivity index (χ1n) is 12.9. The Kier molecular flexibility index (Phi) is 4.32. The number of benzene rings is 6. The van der Waals surface area contributed by atoms with Crippen LogP contribution >= 0.6 is 0 Å². The van der Waals surface area contributed by atoms with Crippen LogP contribution in [0.1, 0.15) is 23.2 Å². The number of rotatable bonds is 2. The molecular formula is C34H22N2O2.